The second kappa shape index (κ2) is 7.87. The molecule has 1 heterocycles. The molecule has 5 heteroatoms. The zero-order valence-corrected chi connectivity index (χ0v) is 15.4. The number of rotatable bonds is 3. The van der Waals surface area contributed by atoms with Gasteiger partial charge in [-0.2, -0.15) is 0 Å². The van der Waals surface area contributed by atoms with E-state index in [1.165, 1.54) is 6.42 Å². The van der Waals surface area contributed by atoms with E-state index in [0.29, 0.717) is 17.7 Å². The summed E-state index contributed by atoms with van der Waals surface area (Å²) < 4.78 is 0. The number of nitrogens with one attached hydrogen (secondary N) is 1. The summed E-state index contributed by atoms with van der Waals surface area (Å²) in [6.07, 6.45) is 1.20. The van der Waals surface area contributed by atoms with Crippen molar-refractivity contribution in [2.75, 3.05) is 19.6 Å². The Labute approximate surface area is 144 Å². The van der Waals surface area contributed by atoms with Crippen LogP contribution in [0.5, 0.6) is 5.75 Å². The number of hydrogen-bond acceptors (Lipinski definition) is 2. The van der Waals surface area contributed by atoms with Gasteiger partial charge in [-0.05, 0) is 36.5 Å². The fourth-order valence-corrected chi connectivity index (χ4v) is 2.54. The molecule has 4 nitrogen and oxygen atoms in total. The molecule has 118 valence electrons. The number of likely N-dealkylation sites (tertiary alicyclic amines) is 1. The second-order valence-corrected chi connectivity index (χ2v) is 6.18. The summed E-state index contributed by atoms with van der Waals surface area (Å²) in [4.78, 5) is 7.02. The second-order valence-electron chi connectivity index (χ2n) is 6.18. The molecule has 0 aromatic heterocycles. The minimum atomic E-state index is 0. The monoisotopic (exact) mass is 403 g/mol. The van der Waals surface area contributed by atoms with Crippen LogP contribution in [0.2, 0.25) is 0 Å². The van der Waals surface area contributed by atoms with E-state index in [0.717, 1.165) is 31.2 Å². The zero-order valence-electron chi connectivity index (χ0n) is 13.1. The maximum atomic E-state index is 9.49. The van der Waals surface area contributed by atoms with Crippen LogP contribution in [-0.2, 0) is 6.54 Å². The molecule has 1 aromatic rings. The van der Waals surface area contributed by atoms with E-state index in [9.17, 15) is 5.11 Å². The first-order valence-electron chi connectivity index (χ1n) is 7.31. The lowest BCUT2D eigenvalue weighted by molar-refractivity contribution is 0.370. The number of guanidine groups is 1. The van der Waals surface area contributed by atoms with Crippen molar-refractivity contribution in [1.82, 2.24) is 10.2 Å². The topological polar surface area (TPSA) is 47.9 Å². The number of phenols is 1. The highest BCUT2D eigenvalue weighted by Gasteiger charge is 2.30. The molecule has 2 N–H and O–H groups in total. The number of aliphatic imine (C=N–C) groups is 1. The molecule has 1 aromatic carbocycles. The third-order valence-corrected chi connectivity index (χ3v) is 3.63. The fraction of sp³-hybridized carbons (Fsp3) is 0.562. The van der Waals surface area contributed by atoms with Gasteiger partial charge in [-0.25, -0.2) is 4.99 Å². The highest BCUT2D eigenvalue weighted by molar-refractivity contribution is 14.0. The van der Waals surface area contributed by atoms with E-state index < -0.39 is 0 Å². The summed E-state index contributed by atoms with van der Waals surface area (Å²) in [5.74, 6) is 1.27. The van der Waals surface area contributed by atoms with Gasteiger partial charge in [0.2, 0.25) is 0 Å². The average molecular weight is 403 g/mol. The Kier molecular flexibility index (Phi) is 6.77. The molecule has 1 aliphatic heterocycles. The molecule has 1 aliphatic rings. The highest BCUT2D eigenvalue weighted by Crippen LogP contribution is 2.28. The molecule has 0 radical (unpaired) electrons. The highest BCUT2D eigenvalue weighted by atomic mass is 127. The minimum absolute atomic E-state index is 0. The summed E-state index contributed by atoms with van der Waals surface area (Å²) in [6.45, 7) is 10.2. The maximum Gasteiger partial charge on any atom is 0.194 e. The number of nitrogens with zero attached hydrogens (tertiary/aromatic N) is 2. The smallest absolute Gasteiger partial charge is 0.194 e. The first kappa shape index (κ1) is 18.1. The SMILES string of the molecule is CCNC(=NCc1cccc(O)c1)N1CCC(C)(C)C1.I. The maximum absolute atomic E-state index is 9.49. The number of phenolic OH excluding ortho intramolecular Hbond substituents is 1. The zero-order chi connectivity index (χ0) is 14.6. The summed E-state index contributed by atoms with van der Waals surface area (Å²) >= 11 is 0. The standard InChI is InChI=1S/C16H25N3O.HI/c1-4-17-15(19-9-8-16(2,3)12-19)18-11-13-6-5-7-14(20)10-13;/h5-7,10,20H,4,8-9,11-12H2,1-3H3,(H,17,18);1H. The van der Waals surface area contributed by atoms with Crippen molar-refractivity contribution in [1.29, 1.82) is 0 Å². The van der Waals surface area contributed by atoms with Crippen molar-refractivity contribution in [3.8, 4) is 5.75 Å². The number of aromatic hydroxyl groups is 1. The molecule has 0 bridgehead atoms. The van der Waals surface area contributed by atoms with Gasteiger partial charge in [-0.15, -0.1) is 24.0 Å². The van der Waals surface area contributed by atoms with Crippen molar-refractivity contribution in [3.63, 3.8) is 0 Å². The normalized spacial score (nSPS) is 17.5. The molecule has 1 saturated heterocycles. The van der Waals surface area contributed by atoms with Gasteiger partial charge < -0.3 is 15.3 Å². The van der Waals surface area contributed by atoms with Gasteiger partial charge in [-0.1, -0.05) is 26.0 Å². The van der Waals surface area contributed by atoms with Gasteiger partial charge in [0.05, 0.1) is 6.54 Å². The van der Waals surface area contributed by atoms with Crippen LogP contribution in [0.3, 0.4) is 0 Å². The van der Waals surface area contributed by atoms with Gasteiger partial charge in [0.25, 0.3) is 0 Å². The largest absolute Gasteiger partial charge is 0.508 e. The van der Waals surface area contributed by atoms with Crippen LogP contribution in [0.4, 0.5) is 0 Å². The van der Waals surface area contributed by atoms with E-state index >= 15 is 0 Å². The molecule has 1 fully saturated rings. The quantitative estimate of drug-likeness (QED) is 0.463. The molecule has 0 atom stereocenters. The van der Waals surface area contributed by atoms with Crippen LogP contribution >= 0.6 is 24.0 Å². The Morgan fingerprint density at radius 1 is 1.43 bits per heavy atom. The van der Waals surface area contributed by atoms with Gasteiger partial charge in [-0.3, -0.25) is 0 Å². The van der Waals surface area contributed by atoms with Crippen LogP contribution in [0, 0.1) is 5.41 Å². The summed E-state index contributed by atoms with van der Waals surface area (Å²) in [5, 5.41) is 12.8. The van der Waals surface area contributed by atoms with Crippen molar-refractivity contribution in [2.45, 2.75) is 33.7 Å². The van der Waals surface area contributed by atoms with Crippen LogP contribution < -0.4 is 5.32 Å². The van der Waals surface area contributed by atoms with E-state index in [1.54, 1.807) is 12.1 Å². The third kappa shape index (κ3) is 5.37. The van der Waals surface area contributed by atoms with Gasteiger partial charge >= 0.3 is 0 Å². The molecule has 0 amide bonds. The van der Waals surface area contributed by atoms with Gasteiger partial charge in [0, 0.05) is 19.6 Å². The molecular weight excluding hydrogens is 377 g/mol. The lowest BCUT2D eigenvalue weighted by Crippen LogP contribution is -2.40. The molecule has 0 saturated carbocycles. The Bertz CT molecular complexity index is 488. The first-order valence-corrected chi connectivity index (χ1v) is 7.31. The number of halogens is 1. The van der Waals surface area contributed by atoms with Crippen LogP contribution in [0.25, 0.3) is 0 Å². The van der Waals surface area contributed by atoms with Crippen LogP contribution in [-0.4, -0.2) is 35.6 Å². The average Bonchev–Trinajstić information content (AvgIpc) is 2.75. The molecule has 0 aliphatic carbocycles. The van der Waals surface area contributed by atoms with E-state index in [1.807, 2.05) is 12.1 Å². The van der Waals surface area contributed by atoms with E-state index in [-0.39, 0.29) is 24.0 Å². The number of hydrogen-bond donors (Lipinski definition) is 2. The molecule has 0 spiro atoms. The summed E-state index contributed by atoms with van der Waals surface area (Å²) in [5.41, 5.74) is 1.39. The van der Waals surface area contributed by atoms with Crippen molar-refractivity contribution in [2.24, 2.45) is 10.4 Å². The Morgan fingerprint density at radius 3 is 2.76 bits per heavy atom. The van der Waals surface area contributed by atoms with E-state index in [4.69, 9.17) is 4.99 Å². The summed E-state index contributed by atoms with van der Waals surface area (Å²) in [7, 11) is 0. The van der Waals surface area contributed by atoms with Crippen molar-refractivity contribution in [3.05, 3.63) is 29.8 Å². The Morgan fingerprint density at radius 2 is 2.19 bits per heavy atom. The Hall–Kier alpha value is -0.980. The first-order chi connectivity index (χ1) is 9.50. The molecule has 21 heavy (non-hydrogen) atoms. The Balaban J connectivity index is 0.00000220. The lowest BCUT2D eigenvalue weighted by atomic mass is 9.93. The lowest BCUT2D eigenvalue weighted by Gasteiger charge is -2.23. The predicted octanol–water partition coefficient (Wildman–Crippen LogP) is 3.21. The van der Waals surface area contributed by atoms with Gasteiger partial charge in [0.1, 0.15) is 5.75 Å². The van der Waals surface area contributed by atoms with Crippen LogP contribution in [0.15, 0.2) is 29.3 Å². The fourth-order valence-electron chi connectivity index (χ4n) is 2.54. The number of benzene rings is 1. The molecular formula is C16H26IN3O. The summed E-state index contributed by atoms with van der Waals surface area (Å²) in [6, 6.07) is 7.29. The van der Waals surface area contributed by atoms with Gasteiger partial charge in [0.15, 0.2) is 5.96 Å². The minimum Gasteiger partial charge on any atom is -0.508 e. The predicted molar refractivity (Wildman–Crippen MR) is 98.3 cm³/mol. The van der Waals surface area contributed by atoms with Crippen molar-refractivity contribution >= 4 is 29.9 Å². The van der Waals surface area contributed by atoms with Crippen molar-refractivity contribution < 1.29 is 5.11 Å². The van der Waals surface area contributed by atoms with Crippen LogP contribution in [0.1, 0.15) is 32.8 Å². The molecule has 2 rings (SSSR count). The molecule has 0 unspecified atom stereocenters. The van der Waals surface area contributed by atoms with E-state index in [2.05, 4.69) is 31.0 Å². The third-order valence-electron chi connectivity index (χ3n) is 3.63.